The summed E-state index contributed by atoms with van der Waals surface area (Å²) >= 11 is 0. The SMILES string of the molecule is COc1ccc(C(=O)NCC23CC4CC(CC(C4)C2)C3)c(OC)c1OC. The van der Waals surface area contributed by atoms with E-state index in [9.17, 15) is 4.79 Å². The molecule has 0 atom stereocenters. The Kier molecular flexibility index (Phi) is 4.49. The minimum absolute atomic E-state index is 0.0986. The quantitative estimate of drug-likeness (QED) is 0.842. The van der Waals surface area contributed by atoms with Crippen molar-refractivity contribution in [3.05, 3.63) is 17.7 Å². The van der Waals surface area contributed by atoms with E-state index in [1.807, 2.05) is 0 Å². The van der Waals surface area contributed by atoms with Crippen molar-refractivity contribution in [2.75, 3.05) is 27.9 Å². The van der Waals surface area contributed by atoms with Gasteiger partial charge in [0, 0.05) is 6.54 Å². The third-order valence-corrected chi connectivity index (χ3v) is 6.74. The zero-order valence-corrected chi connectivity index (χ0v) is 16.0. The Balaban J connectivity index is 1.50. The molecule has 0 saturated heterocycles. The Labute approximate surface area is 155 Å². The zero-order chi connectivity index (χ0) is 18.3. The molecule has 26 heavy (non-hydrogen) atoms. The number of amides is 1. The van der Waals surface area contributed by atoms with Gasteiger partial charge in [-0.2, -0.15) is 0 Å². The van der Waals surface area contributed by atoms with Gasteiger partial charge in [0.1, 0.15) is 0 Å². The van der Waals surface area contributed by atoms with E-state index in [1.165, 1.54) is 38.5 Å². The van der Waals surface area contributed by atoms with Crippen LogP contribution in [0.2, 0.25) is 0 Å². The van der Waals surface area contributed by atoms with Crippen molar-refractivity contribution in [3.63, 3.8) is 0 Å². The van der Waals surface area contributed by atoms with Gasteiger partial charge < -0.3 is 19.5 Å². The molecule has 0 radical (unpaired) electrons. The first kappa shape index (κ1) is 17.5. The molecule has 142 valence electrons. The van der Waals surface area contributed by atoms with Gasteiger partial charge in [-0.05, 0) is 73.8 Å². The standard InChI is InChI=1S/C21H29NO4/c1-24-17-5-4-16(18(25-2)19(17)26-3)20(23)22-12-21-9-13-6-14(10-21)8-15(7-13)11-21/h4-5,13-15H,6-12H2,1-3H3,(H,22,23). The molecule has 5 rings (SSSR count). The molecule has 4 saturated carbocycles. The summed E-state index contributed by atoms with van der Waals surface area (Å²) in [6.07, 6.45) is 8.08. The Morgan fingerprint density at radius 1 is 0.962 bits per heavy atom. The predicted octanol–water partition coefficient (Wildman–Crippen LogP) is 3.66. The average Bonchev–Trinajstić information content (AvgIpc) is 2.63. The van der Waals surface area contributed by atoms with E-state index in [2.05, 4.69) is 5.32 Å². The van der Waals surface area contributed by atoms with Crippen LogP contribution in [0.15, 0.2) is 12.1 Å². The van der Waals surface area contributed by atoms with Gasteiger partial charge in [-0.3, -0.25) is 4.79 Å². The molecular weight excluding hydrogens is 330 g/mol. The summed E-state index contributed by atoms with van der Waals surface area (Å²) in [7, 11) is 4.68. The van der Waals surface area contributed by atoms with Crippen LogP contribution < -0.4 is 19.5 Å². The average molecular weight is 359 g/mol. The van der Waals surface area contributed by atoms with Crippen LogP contribution in [0.5, 0.6) is 17.2 Å². The van der Waals surface area contributed by atoms with E-state index in [0.717, 1.165) is 24.3 Å². The molecule has 4 aliphatic rings. The van der Waals surface area contributed by atoms with Crippen LogP contribution in [0.4, 0.5) is 0 Å². The molecular formula is C21H29NO4. The molecule has 1 aromatic carbocycles. The van der Waals surface area contributed by atoms with Crippen molar-refractivity contribution in [2.45, 2.75) is 38.5 Å². The monoisotopic (exact) mass is 359 g/mol. The Morgan fingerprint density at radius 2 is 1.54 bits per heavy atom. The van der Waals surface area contributed by atoms with Crippen LogP contribution >= 0.6 is 0 Å². The van der Waals surface area contributed by atoms with Gasteiger partial charge in [-0.25, -0.2) is 0 Å². The topological polar surface area (TPSA) is 56.8 Å². The second kappa shape index (κ2) is 6.67. The Bertz CT molecular complexity index is 664. The third-order valence-electron chi connectivity index (χ3n) is 6.74. The van der Waals surface area contributed by atoms with Crippen LogP contribution in [0.3, 0.4) is 0 Å². The summed E-state index contributed by atoms with van der Waals surface area (Å²) in [5.74, 6) is 3.99. The lowest BCUT2D eigenvalue weighted by atomic mass is 9.49. The fraction of sp³-hybridized carbons (Fsp3) is 0.667. The van der Waals surface area contributed by atoms with E-state index in [1.54, 1.807) is 33.5 Å². The van der Waals surface area contributed by atoms with Gasteiger partial charge >= 0.3 is 0 Å². The van der Waals surface area contributed by atoms with E-state index >= 15 is 0 Å². The number of carbonyl (C=O) groups excluding carboxylic acids is 1. The lowest BCUT2D eigenvalue weighted by Crippen LogP contribution is -2.51. The first-order valence-corrected chi connectivity index (χ1v) is 9.64. The number of nitrogens with one attached hydrogen (secondary N) is 1. The molecule has 4 fully saturated rings. The first-order chi connectivity index (χ1) is 12.6. The number of carbonyl (C=O) groups is 1. The van der Waals surface area contributed by atoms with Crippen molar-refractivity contribution < 1.29 is 19.0 Å². The molecule has 5 heteroatoms. The molecule has 0 heterocycles. The number of rotatable bonds is 6. The minimum Gasteiger partial charge on any atom is -0.493 e. The van der Waals surface area contributed by atoms with Crippen molar-refractivity contribution in [2.24, 2.45) is 23.2 Å². The lowest BCUT2D eigenvalue weighted by Gasteiger charge is -2.56. The number of hydrogen-bond donors (Lipinski definition) is 1. The Hall–Kier alpha value is -1.91. The van der Waals surface area contributed by atoms with Crippen LogP contribution in [-0.2, 0) is 0 Å². The van der Waals surface area contributed by atoms with E-state index < -0.39 is 0 Å². The highest BCUT2D eigenvalue weighted by molar-refractivity contribution is 5.98. The van der Waals surface area contributed by atoms with E-state index in [-0.39, 0.29) is 5.91 Å². The third kappa shape index (κ3) is 2.91. The molecule has 1 amide bonds. The maximum Gasteiger partial charge on any atom is 0.255 e. The summed E-state index contributed by atoms with van der Waals surface area (Å²) in [5.41, 5.74) is 0.809. The molecule has 4 bridgehead atoms. The maximum atomic E-state index is 12.9. The van der Waals surface area contributed by atoms with Gasteiger partial charge in [0.2, 0.25) is 5.75 Å². The molecule has 0 aliphatic heterocycles. The largest absolute Gasteiger partial charge is 0.493 e. The summed E-state index contributed by atoms with van der Waals surface area (Å²) in [6, 6.07) is 3.50. The first-order valence-electron chi connectivity index (χ1n) is 9.64. The van der Waals surface area contributed by atoms with E-state index in [0.29, 0.717) is 28.2 Å². The smallest absolute Gasteiger partial charge is 0.255 e. The highest BCUT2D eigenvalue weighted by Gasteiger charge is 2.50. The lowest BCUT2D eigenvalue weighted by molar-refractivity contribution is -0.0503. The second-order valence-corrected chi connectivity index (χ2v) is 8.48. The van der Waals surface area contributed by atoms with Crippen LogP contribution in [-0.4, -0.2) is 33.8 Å². The maximum absolute atomic E-state index is 12.9. The van der Waals surface area contributed by atoms with Crippen molar-refractivity contribution >= 4 is 5.91 Å². The molecule has 1 aromatic rings. The van der Waals surface area contributed by atoms with Crippen LogP contribution in [0.25, 0.3) is 0 Å². The second-order valence-electron chi connectivity index (χ2n) is 8.48. The fourth-order valence-corrected chi connectivity index (χ4v) is 6.15. The van der Waals surface area contributed by atoms with Crippen LogP contribution in [0.1, 0.15) is 48.9 Å². The predicted molar refractivity (Wildman–Crippen MR) is 99.0 cm³/mol. The molecule has 0 aromatic heterocycles. The number of hydrogen-bond acceptors (Lipinski definition) is 4. The van der Waals surface area contributed by atoms with Crippen molar-refractivity contribution in [1.29, 1.82) is 0 Å². The molecule has 4 aliphatic carbocycles. The molecule has 1 N–H and O–H groups in total. The summed E-state index contributed by atoms with van der Waals surface area (Å²) in [6.45, 7) is 0.771. The van der Waals surface area contributed by atoms with Crippen molar-refractivity contribution in [1.82, 2.24) is 5.32 Å². The summed E-state index contributed by atoms with van der Waals surface area (Å²) in [5, 5.41) is 3.20. The number of methoxy groups -OCH3 is 3. The summed E-state index contributed by atoms with van der Waals surface area (Å²) in [4.78, 5) is 12.9. The highest BCUT2D eigenvalue weighted by Crippen LogP contribution is 2.59. The fourth-order valence-electron chi connectivity index (χ4n) is 6.15. The van der Waals surface area contributed by atoms with Gasteiger partial charge in [0.25, 0.3) is 5.91 Å². The summed E-state index contributed by atoms with van der Waals surface area (Å²) < 4.78 is 16.2. The van der Waals surface area contributed by atoms with Gasteiger partial charge in [0.05, 0.1) is 26.9 Å². The van der Waals surface area contributed by atoms with Crippen molar-refractivity contribution in [3.8, 4) is 17.2 Å². The Morgan fingerprint density at radius 3 is 2.04 bits per heavy atom. The van der Waals surface area contributed by atoms with E-state index in [4.69, 9.17) is 14.2 Å². The number of benzene rings is 1. The molecule has 0 unspecified atom stereocenters. The van der Waals surface area contributed by atoms with Gasteiger partial charge in [-0.1, -0.05) is 0 Å². The van der Waals surface area contributed by atoms with Gasteiger partial charge in [-0.15, -0.1) is 0 Å². The molecule has 0 spiro atoms. The van der Waals surface area contributed by atoms with Crippen LogP contribution in [0, 0.1) is 23.2 Å². The number of ether oxygens (including phenoxy) is 3. The minimum atomic E-state index is -0.0986. The normalized spacial score (nSPS) is 31.6. The zero-order valence-electron chi connectivity index (χ0n) is 16.0. The highest BCUT2D eigenvalue weighted by atomic mass is 16.5. The molecule has 5 nitrogen and oxygen atoms in total. The van der Waals surface area contributed by atoms with Gasteiger partial charge in [0.15, 0.2) is 11.5 Å².